The van der Waals surface area contributed by atoms with Gasteiger partial charge in [-0.15, -0.1) is 11.3 Å². The number of aromatic nitrogens is 1. The van der Waals surface area contributed by atoms with Gasteiger partial charge in [-0.1, -0.05) is 30.3 Å². The standard InChI is InChI=1S/C24H27N3O2S/c1-17-22(23(28)25-15-14-18-9-8-16-27(18)2)30-24(26-17)20-12-6-7-13-21(20)29-19-10-4-3-5-11-19/h3-7,10-13,18H,8-9,14-16H2,1-2H3,(H,25,28). The molecule has 1 amide bonds. The number of benzene rings is 2. The summed E-state index contributed by atoms with van der Waals surface area (Å²) in [5.41, 5.74) is 1.64. The van der Waals surface area contributed by atoms with E-state index in [0.717, 1.165) is 40.7 Å². The normalized spacial score (nSPS) is 16.5. The SMILES string of the molecule is Cc1nc(-c2ccccc2Oc2ccccc2)sc1C(=O)NCCC1CCCN1C. The molecule has 1 N–H and O–H groups in total. The van der Waals surface area contributed by atoms with Gasteiger partial charge in [0.05, 0.1) is 11.3 Å². The minimum Gasteiger partial charge on any atom is -0.457 e. The van der Waals surface area contributed by atoms with Crippen LogP contribution in [-0.4, -0.2) is 42.0 Å². The van der Waals surface area contributed by atoms with Crippen LogP contribution < -0.4 is 10.1 Å². The fourth-order valence-electron chi connectivity index (χ4n) is 3.85. The molecule has 1 fully saturated rings. The van der Waals surface area contributed by atoms with Crippen molar-refractivity contribution in [1.82, 2.24) is 15.2 Å². The molecule has 2 heterocycles. The zero-order chi connectivity index (χ0) is 20.9. The molecule has 0 spiro atoms. The van der Waals surface area contributed by atoms with E-state index < -0.39 is 0 Å². The lowest BCUT2D eigenvalue weighted by molar-refractivity contribution is 0.0953. The maximum atomic E-state index is 12.8. The number of ether oxygens (including phenoxy) is 1. The molecule has 0 saturated carbocycles. The lowest BCUT2D eigenvalue weighted by atomic mass is 10.1. The van der Waals surface area contributed by atoms with E-state index in [9.17, 15) is 4.79 Å². The van der Waals surface area contributed by atoms with E-state index in [0.29, 0.717) is 17.5 Å². The second-order valence-electron chi connectivity index (χ2n) is 7.67. The van der Waals surface area contributed by atoms with Crippen molar-refractivity contribution in [2.75, 3.05) is 20.1 Å². The number of carbonyl (C=O) groups is 1. The summed E-state index contributed by atoms with van der Waals surface area (Å²) < 4.78 is 6.07. The Balaban J connectivity index is 1.46. The van der Waals surface area contributed by atoms with E-state index in [1.54, 1.807) is 0 Å². The first-order valence-corrected chi connectivity index (χ1v) is 11.2. The van der Waals surface area contributed by atoms with Crippen LogP contribution in [0.1, 0.15) is 34.6 Å². The van der Waals surface area contributed by atoms with Crippen molar-refractivity contribution in [3.63, 3.8) is 0 Å². The Bertz CT molecular complexity index is 1000. The summed E-state index contributed by atoms with van der Waals surface area (Å²) in [6, 6.07) is 18.1. The van der Waals surface area contributed by atoms with Crippen molar-refractivity contribution in [3.8, 4) is 22.1 Å². The first-order chi connectivity index (χ1) is 14.6. The first kappa shape index (κ1) is 20.6. The van der Waals surface area contributed by atoms with Crippen molar-refractivity contribution in [1.29, 1.82) is 0 Å². The van der Waals surface area contributed by atoms with Crippen molar-refractivity contribution < 1.29 is 9.53 Å². The van der Waals surface area contributed by atoms with Gasteiger partial charge in [0.1, 0.15) is 21.4 Å². The third-order valence-corrected chi connectivity index (χ3v) is 6.72. The minimum atomic E-state index is -0.0432. The van der Waals surface area contributed by atoms with Crippen molar-refractivity contribution in [2.45, 2.75) is 32.2 Å². The molecule has 0 bridgehead atoms. The fourth-order valence-corrected chi connectivity index (χ4v) is 4.86. The zero-order valence-electron chi connectivity index (χ0n) is 17.4. The monoisotopic (exact) mass is 421 g/mol. The topological polar surface area (TPSA) is 54.5 Å². The number of nitrogens with zero attached hydrogens (tertiary/aromatic N) is 2. The molecule has 5 nitrogen and oxygen atoms in total. The molecule has 0 radical (unpaired) electrons. The number of thiazole rings is 1. The van der Waals surface area contributed by atoms with Gasteiger partial charge >= 0.3 is 0 Å². The average Bonchev–Trinajstić information content (AvgIpc) is 3.34. The lowest BCUT2D eigenvalue weighted by Crippen LogP contribution is -2.31. The van der Waals surface area contributed by atoms with Crippen LogP contribution in [0.4, 0.5) is 0 Å². The lowest BCUT2D eigenvalue weighted by Gasteiger charge is -2.19. The molecule has 1 aromatic heterocycles. The molecule has 1 aliphatic heterocycles. The molecule has 6 heteroatoms. The molecule has 4 rings (SSSR count). The second-order valence-corrected chi connectivity index (χ2v) is 8.67. The Hall–Kier alpha value is -2.70. The van der Waals surface area contributed by atoms with Gasteiger partial charge in [0, 0.05) is 12.6 Å². The van der Waals surface area contributed by atoms with Gasteiger partial charge in [-0.05, 0) is 64.0 Å². The number of rotatable bonds is 7. The largest absolute Gasteiger partial charge is 0.457 e. The summed E-state index contributed by atoms with van der Waals surface area (Å²) in [7, 11) is 2.16. The van der Waals surface area contributed by atoms with Gasteiger partial charge in [0.15, 0.2) is 0 Å². The molecule has 1 atom stereocenters. The van der Waals surface area contributed by atoms with E-state index in [1.807, 2.05) is 61.5 Å². The Kier molecular flexibility index (Phi) is 6.45. The van der Waals surface area contributed by atoms with Crippen LogP contribution >= 0.6 is 11.3 Å². The predicted molar refractivity (Wildman–Crippen MR) is 121 cm³/mol. The van der Waals surface area contributed by atoms with Crippen LogP contribution in [0.25, 0.3) is 10.6 Å². The Labute approximate surface area is 181 Å². The maximum Gasteiger partial charge on any atom is 0.263 e. The molecule has 1 aliphatic rings. The number of likely N-dealkylation sites (tertiary alicyclic amines) is 1. The summed E-state index contributed by atoms with van der Waals surface area (Å²) in [5.74, 6) is 1.46. The fraction of sp³-hybridized carbons (Fsp3) is 0.333. The molecule has 2 aromatic carbocycles. The molecule has 30 heavy (non-hydrogen) atoms. The molecule has 156 valence electrons. The van der Waals surface area contributed by atoms with E-state index in [4.69, 9.17) is 4.74 Å². The summed E-state index contributed by atoms with van der Waals surface area (Å²) in [5, 5.41) is 3.87. The molecular weight excluding hydrogens is 394 g/mol. The quantitative estimate of drug-likeness (QED) is 0.575. The number of para-hydroxylation sites is 2. The highest BCUT2D eigenvalue weighted by atomic mass is 32.1. The summed E-state index contributed by atoms with van der Waals surface area (Å²) in [4.78, 5) is 20.5. The van der Waals surface area contributed by atoms with Gasteiger partial charge in [0.25, 0.3) is 5.91 Å². The second kappa shape index (κ2) is 9.41. The van der Waals surface area contributed by atoms with Crippen LogP contribution in [0.15, 0.2) is 54.6 Å². The molecule has 3 aromatic rings. The number of carbonyl (C=O) groups excluding carboxylic acids is 1. The molecule has 1 saturated heterocycles. The van der Waals surface area contributed by atoms with E-state index in [-0.39, 0.29) is 5.91 Å². The van der Waals surface area contributed by atoms with Crippen LogP contribution in [-0.2, 0) is 0 Å². The number of hydrogen-bond acceptors (Lipinski definition) is 5. The third kappa shape index (κ3) is 4.71. The highest BCUT2D eigenvalue weighted by molar-refractivity contribution is 7.17. The maximum absolute atomic E-state index is 12.8. The van der Waals surface area contributed by atoms with Crippen molar-refractivity contribution in [2.24, 2.45) is 0 Å². The number of hydrogen-bond donors (Lipinski definition) is 1. The predicted octanol–water partition coefficient (Wildman–Crippen LogP) is 5.12. The Morgan fingerprint density at radius 2 is 1.97 bits per heavy atom. The smallest absolute Gasteiger partial charge is 0.263 e. The average molecular weight is 422 g/mol. The van der Waals surface area contributed by atoms with Gasteiger partial charge in [-0.2, -0.15) is 0 Å². The molecular formula is C24H27N3O2S. The van der Waals surface area contributed by atoms with Crippen molar-refractivity contribution >= 4 is 17.2 Å². The highest BCUT2D eigenvalue weighted by Gasteiger charge is 2.22. The third-order valence-electron chi connectivity index (χ3n) is 5.53. The van der Waals surface area contributed by atoms with Gasteiger partial charge in [0.2, 0.25) is 0 Å². The number of nitrogens with one attached hydrogen (secondary N) is 1. The summed E-state index contributed by atoms with van der Waals surface area (Å²) in [6.07, 6.45) is 3.45. The van der Waals surface area contributed by atoms with Gasteiger partial charge in [-0.25, -0.2) is 4.98 Å². The Morgan fingerprint density at radius 3 is 2.73 bits per heavy atom. The summed E-state index contributed by atoms with van der Waals surface area (Å²) in [6.45, 7) is 3.73. The number of aryl methyl sites for hydroxylation is 1. The van der Waals surface area contributed by atoms with Crippen LogP contribution in [0, 0.1) is 6.92 Å². The van der Waals surface area contributed by atoms with E-state index in [1.165, 1.54) is 24.2 Å². The van der Waals surface area contributed by atoms with Crippen LogP contribution in [0.5, 0.6) is 11.5 Å². The van der Waals surface area contributed by atoms with Gasteiger partial charge in [-0.3, -0.25) is 4.79 Å². The van der Waals surface area contributed by atoms with E-state index >= 15 is 0 Å². The highest BCUT2D eigenvalue weighted by Crippen LogP contribution is 2.36. The van der Waals surface area contributed by atoms with Crippen LogP contribution in [0.3, 0.4) is 0 Å². The minimum absolute atomic E-state index is 0.0432. The molecule has 1 unspecified atom stereocenters. The van der Waals surface area contributed by atoms with Crippen LogP contribution in [0.2, 0.25) is 0 Å². The molecule has 0 aliphatic carbocycles. The first-order valence-electron chi connectivity index (χ1n) is 10.4. The Morgan fingerprint density at radius 1 is 1.20 bits per heavy atom. The van der Waals surface area contributed by atoms with Crippen molar-refractivity contribution in [3.05, 3.63) is 65.2 Å². The number of amides is 1. The van der Waals surface area contributed by atoms with E-state index in [2.05, 4.69) is 22.2 Å². The summed E-state index contributed by atoms with van der Waals surface area (Å²) >= 11 is 1.42. The zero-order valence-corrected chi connectivity index (χ0v) is 18.2. The van der Waals surface area contributed by atoms with Gasteiger partial charge < -0.3 is 15.0 Å².